The highest BCUT2D eigenvalue weighted by atomic mass is 16.5. The molecule has 0 amide bonds. The molecule has 1 atom stereocenters. The molecule has 4 heteroatoms. The van der Waals surface area contributed by atoms with E-state index >= 15 is 0 Å². The molecule has 0 saturated carbocycles. The molecule has 1 fully saturated rings. The summed E-state index contributed by atoms with van der Waals surface area (Å²) in [6.07, 6.45) is 5.81. The Labute approximate surface area is 133 Å². The number of benzene rings is 1. The van der Waals surface area contributed by atoms with Crippen LogP contribution in [0.15, 0.2) is 29.4 Å². The van der Waals surface area contributed by atoms with Crippen molar-refractivity contribution in [2.75, 3.05) is 19.7 Å². The smallest absolute Gasteiger partial charge is 0.119 e. The fourth-order valence-electron chi connectivity index (χ4n) is 3.02. The molecule has 22 heavy (non-hydrogen) atoms. The Kier molecular flexibility index (Phi) is 6.72. The molecule has 1 aliphatic heterocycles. The van der Waals surface area contributed by atoms with Crippen LogP contribution >= 0.6 is 0 Å². The van der Waals surface area contributed by atoms with Crippen molar-refractivity contribution in [3.63, 3.8) is 0 Å². The highest BCUT2D eigenvalue weighted by Crippen LogP contribution is 2.17. The largest absolute Gasteiger partial charge is 0.494 e. The van der Waals surface area contributed by atoms with Crippen molar-refractivity contribution in [3.8, 4) is 5.75 Å². The zero-order valence-electron chi connectivity index (χ0n) is 13.8. The molecule has 0 spiro atoms. The Bertz CT molecular complexity index is 470. The number of nitrogens with zero attached hydrogens (tertiary/aromatic N) is 2. The lowest BCUT2D eigenvalue weighted by Crippen LogP contribution is -2.38. The number of likely N-dealkylation sites (tertiary alicyclic amines) is 1. The van der Waals surface area contributed by atoms with Crippen LogP contribution in [-0.2, 0) is 0 Å². The van der Waals surface area contributed by atoms with E-state index in [4.69, 9.17) is 9.94 Å². The van der Waals surface area contributed by atoms with Crippen LogP contribution in [0.2, 0.25) is 0 Å². The predicted octanol–water partition coefficient (Wildman–Crippen LogP) is 3.92. The van der Waals surface area contributed by atoms with Gasteiger partial charge in [-0.25, -0.2) is 0 Å². The first kappa shape index (κ1) is 16.8. The van der Waals surface area contributed by atoms with Gasteiger partial charge in [0.05, 0.1) is 12.3 Å². The normalized spacial score (nSPS) is 20.1. The predicted molar refractivity (Wildman–Crippen MR) is 90.1 cm³/mol. The summed E-state index contributed by atoms with van der Waals surface area (Å²) in [6.45, 7) is 7.40. The Balaban J connectivity index is 1.73. The highest BCUT2D eigenvalue weighted by Gasteiger charge is 2.17. The Morgan fingerprint density at radius 1 is 1.32 bits per heavy atom. The number of piperidine rings is 1. The van der Waals surface area contributed by atoms with Crippen molar-refractivity contribution in [3.05, 3.63) is 29.8 Å². The summed E-state index contributed by atoms with van der Waals surface area (Å²) in [5, 5.41) is 12.2. The molecule has 2 rings (SSSR count). The Morgan fingerprint density at radius 3 is 2.73 bits per heavy atom. The van der Waals surface area contributed by atoms with Gasteiger partial charge >= 0.3 is 0 Å². The average Bonchev–Trinajstić information content (AvgIpc) is 2.55. The summed E-state index contributed by atoms with van der Waals surface area (Å²) in [5.41, 5.74) is 1.64. The Morgan fingerprint density at radius 2 is 2.09 bits per heavy atom. The van der Waals surface area contributed by atoms with E-state index in [1.807, 2.05) is 31.2 Å². The van der Waals surface area contributed by atoms with E-state index in [0.717, 1.165) is 36.9 Å². The second kappa shape index (κ2) is 8.79. The monoisotopic (exact) mass is 304 g/mol. The highest BCUT2D eigenvalue weighted by molar-refractivity contribution is 6.00. The van der Waals surface area contributed by atoms with Gasteiger partial charge in [-0.2, -0.15) is 0 Å². The van der Waals surface area contributed by atoms with Crippen molar-refractivity contribution < 1.29 is 9.94 Å². The van der Waals surface area contributed by atoms with Gasteiger partial charge in [0.2, 0.25) is 0 Å². The van der Waals surface area contributed by atoms with E-state index < -0.39 is 0 Å². The minimum atomic E-state index is 0.700. The molecule has 0 aliphatic carbocycles. The van der Waals surface area contributed by atoms with Gasteiger partial charge in [-0.05, 0) is 69.0 Å². The first-order valence-electron chi connectivity index (χ1n) is 8.42. The summed E-state index contributed by atoms with van der Waals surface area (Å²) < 4.78 is 5.81. The maximum Gasteiger partial charge on any atom is 0.119 e. The van der Waals surface area contributed by atoms with E-state index in [1.165, 1.54) is 25.8 Å². The summed E-state index contributed by atoms with van der Waals surface area (Å²) >= 11 is 0. The van der Waals surface area contributed by atoms with Gasteiger partial charge in [-0.3, -0.25) is 0 Å². The molecule has 1 aromatic carbocycles. The van der Waals surface area contributed by atoms with Crippen LogP contribution in [-0.4, -0.2) is 41.6 Å². The minimum Gasteiger partial charge on any atom is -0.494 e. The quantitative estimate of drug-likeness (QED) is 0.359. The second-order valence-corrected chi connectivity index (χ2v) is 6.01. The Hall–Kier alpha value is -1.55. The third-order valence-electron chi connectivity index (χ3n) is 4.44. The fraction of sp³-hybridized carbons (Fsp3) is 0.611. The van der Waals surface area contributed by atoms with Crippen LogP contribution in [0.4, 0.5) is 0 Å². The zero-order valence-corrected chi connectivity index (χ0v) is 13.8. The number of hydrogen-bond donors (Lipinski definition) is 1. The van der Waals surface area contributed by atoms with Gasteiger partial charge < -0.3 is 14.8 Å². The average molecular weight is 304 g/mol. The van der Waals surface area contributed by atoms with Crippen LogP contribution in [0.5, 0.6) is 5.75 Å². The van der Waals surface area contributed by atoms with Gasteiger partial charge in [-0.15, -0.1) is 0 Å². The standard InChI is InChI=1S/C18H28N2O2/c1-3-18(19-21)16-8-10-17(11-9-16)22-14-6-13-20-12-5-4-7-15(20)2/h8-11,15,21H,3-7,12-14H2,1-2H3. The van der Waals surface area contributed by atoms with Gasteiger partial charge in [0.15, 0.2) is 0 Å². The topological polar surface area (TPSA) is 45.1 Å². The van der Waals surface area contributed by atoms with Crippen LogP contribution in [0.1, 0.15) is 51.5 Å². The van der Waals surface area contributed by atoms with E-state index in [0.29, 0.717) is 12.1 Å². The molecular weight excluding hydrogens is 276 g/mol. The van der Waals surface area contributed by atoms with E-state index in [2.05, 4.69) is 17.0 Å². The van der Waals surface area contributed by atoms with E-state index in [9.17, 15) is 0 Å². The summed E-state index contributed by atoms with van der Waals surface area (Å²) in [5.74, 6) is 0.879. The van der Waals surface area contributed by atoms with E-state index in [1.54, 1.807) is 0 Å². The van der Waals surface area contributed by atoms with Crippen molar-refractivity contribution in [1.82, 2.24) is 4.90 Å². The van der Waals surface area contributed by atoms with Crippen molar-refractivity contribution in [2.45, 2.75) is 52.0 Å². The molecule has 0 aromatic heterocycles. The first-order chi connectivity index (χ1) is 10.7. The third kappa shape index (κ3) is 4.73. The molecule has 1 saturated heterocycles. The second-order valence-electron chi connectivity index (χ2n) is 6.01. The molecule has 1 unspecified atom stereocenters. The van der Waals surface area contributed by atoms with Crippen LogP contribution in [0.25, 0.3) is 0 Å². The van der Waals surface area contributed by atoms with Gasteiger partial charge in [0.25, 0.3) is 0 Å². The molecule has 0 radical (unpaired) electrons. The maximum atomic E-state index is 8.92. The lowest BCUT2D eigenvalue weighted by molar-refractivity contribution is 0.148. The first-order valence-corrected chi connectivity index (χ1v) is 8.42. The van der Waals surface area contributed by atoms with Gasteiger partial charge in [0, 0.05) is 12.6 Å². The van der Waals surface area contributed by atoms with Gasteiger partial charge in [0.1, 0.15) is 5.75 Å². The molecule has 1 heterocycles. The zero-order chi connectivity index (χ0) is 15.8. The third-order valence-corrected chi connectivity index (χ3v) is 4.44. The fourth-order valence-corrected chi connectivity index (χ4v) is 3.02. The SMILES string of the molecule is CCC(=NO)c1ccc(OCCCN2CCCCC2C)cc1. The van der Waals surface area contributed by atoms with Crippen molar-refractivity contribution in [1.29, 1.82) is 0 Å². The number of ether oxygens (including phenoxy) is 1. The lowest BCUT2D eigenvalue weighted by Gasteiger charge is -2.33. The van der Waals surface area contributed by atoms with Crippen molar-refractivity contribution >= 4 is 5.71 Å². The molecule has 1 N–H and O–H groups in total. The molecule has 1 aliphatic rings. The number of rotatable bonds is 7. The van der Waals surface area contributed by atoms with Crippen molar-refractivity contribution in [2.24, 2.45) is 5.16 Å². The van der Waals surface area contributed by atoms with Gasteiger partial charge in [-0.1, -0.05) is 18.5 Å². The maximum absolute atomic E-state index is 8.92. The van der Waals surface area contributed by atoms with E-state index in [-0.39, 0.29) is 0 Å². The summed E-state index contributed by atoms with van der Waals surface area (Å²) in [7, 11) is 0. The molecule has 4 nitrogen and oxygen atoms in total. The van der Waals surface area contributed by atoms with Crippen LogP contribution in [0, 0.1) is 0 Å². The van der Waals surface area contributed by atoms with Crippen LogP contribution < -0.4 is 4.74 Å². The number of hydrogen-bond acceptors (Lipinski definition) is 4. The minimum absolute atomic E-state index is 0.700. The molecule has 122 valence electrons. The lowest BCUT2D eigenvalue weighted by atomic mass is 10.0. The molecular formula is C18H28N2O2. The van der Waals surface area contributed by atoms with Crippen LogP contribution in [0.3, 0.4) is 0 Å². The molecule has 0 bridgehead atoms. The summed E-state index contributed by atoms with van der Waals surface area (Å²) in [6, 6.07) is 8.50. The molecule has 1 aromatic rings. The number of oxime groups is 1. The summed E-state index contributed by atoms with van der Waals surface area (Å²) in [4.78, 5) is 2.57.